The van der Waals surface area contributed by atoms with Crippen molar-refractivity contribution in [2.45, 2.75) is 25.8 Å². The lowest BCUT2D eigenvalue weighted by atomic mass is 9.89. The zero-order chi connectivity index (χ0) is 24.0. The van der Waals surface area contributed by atoms with E-state index in [9.17, 15) is 23.5 Å². The van der Waals surface area contributed by atoms with Gasteiger partial charge in [-0.1, -0.05) is 24.3 Å². The minimum Gasteiger partial charge on any atom is -0.755 e. The predicted molar refractivity (Wildman–Crippen MR) is 123 cm³/mol. The molecule has 1 amide bonds. The molecule has 1 fully saturated rings. The second-order valence-electron chi connectivity index (χ2n) is 7.62. The summed E-state index contributed by atoms with van der Waals surface area (Å²) in [6, 6.07) is 12.8. The summed E-state index contributed by atoms with van der Waals surface area (Å²) in [6.07, 6.45) is 0.266. The zero-order valence-corrected chi connectivity index (χ0v) is 19.3. The lowest BCUT2D eigenvalue weighted by molar-refractivity contribution is -0.140. The van der Waals surface area contributed by atoms with Crippen LogP contribution in [0.1, 0.15) is 19.8 Å². The summed E-state index contributed by atoms with van der Waals surface area (Å²) in [5, 5.41) is 9.92. The molecular weight excluding hydrogens is 448 g/mol. The Balaban J connectivity index is 1.80. The number of carboxylic acid groups (broad SMARTS) is 1. The highest BCUT2D eigenvalue weighted by atomic mass is 32.2. The summed E-state index contributed by atoms with van der Waals surface area (Å²) < 4.78 is 35.3. The van der Waals surface area contributed by atoms with E-state index in [1.54, 1.807) is 38.3 Å². The lowest BCUT2D eigenvalue weighted by Crippen LogP contribution is -2.51. The number of hydrogen-bond acceptors (Lipinski definition) is 6. The number of carbonyl (C=O) groups is 2. The SMILES string of the molecule is CCOC(=O)N1CCC(C(C(=O)O)N(c2ccc(-c3ccc(OC)cc3)cc2)S(=O)[O-])CC1. The third-order valence-corrected chi connectivity index (χ3v) is 6.48. The monoisotopic (exact) mass is 475 g/mol. The van der Waals surface area contributed by atoms with Crippen LogP contribution in [0.25, 0.3) is 11.1 Å². The molecule has 178 valence electrons. The Morgan fingerprint density at radius 1 is 1.12 bits per heavy atom. The van der Waals surface area contributed by atoms with Crippen LogP contribution in [0.3, 0.4) is 0 Å². The van der Waals surface area contributed by atoms with Gasteiger partial charge >= 0.3 is 12.1 Å². The molecule has 3 rings (SSSR count). The topological polar surface area (TPSA) is 119 Å². The van der Waals surface area contributed by atoms with Crippen LogP contribution in [0.4, 0.5) is 10.5 Å². The van der Waals surface area contributed by atoms with Crippen LogP contribution in [-0.2, 0) is 20.8 Å². The van der Waals surface area contributed by atoms with E-state index < -0.39 is 35.3 Å². The smallest absolute Gasteiger partial charge is 0.409 e. The molecule has 9 nitrogen and oxygen atoms in total. The number of benzene rings is 2. The van der Waals surface area contributed by atoms with Crippen molar-refractivity contribution in [1.29, 1.82) is 0 Å². The summed E-state index contributed by atoms with van der Waals surface area (Å²) in [7, 11) is 1.58. The maximum atomic E-state index is 12.2. The Morgan fingerprint density at radius 3 is 2.12 bits per heavy atom. The fourth-order valence-electron chi connectivity index (χ4n) is 4.03. The van der Waals surface area contributed by atoms with Crippen molar-refractivity contribution in [2.24, 2.45) is 5.92 Å². The van der Waals surface area contributed by atoms with Gasteiger partial charge in [0, 0.05) is 30.0 Å². The molecule has 0 bridgehead atoms. The van der Waals surface area contributed by atoms with Gasteiger partial charge in [-0.05, 0) is 61.1 Å². The Morgan fingerprint density at radius 2 is 1.67 bits per heavy atom. The fraction of sp³-hybridized carbons (Fsp3) is 0.391. The molecular formula is C23H27N2O7S-. The molecule has 0 aromatic heterocycles. The first-order valence-electron chi connectivity index (χ1n) is 10.6. The van der Waals surface area contributed by atoms with Crippen molar-refractivity contribution in [3.63, 3.8) is 0 Å². The van der Waals surface area contributed by atoms with Gasteiger partial charge in [0.1, 0.15) is 11.8 Å². The summed E-state index contributed by atoms with van der Waals surface area (Å²) in [5.41, 5.74) is 2.03. The molecule has 0 spiro atoms. The van der Waals surface area contributed by atoms with Gasteiger partial charge in [0.15, 0.2) is 0 Å². The van der Waals surface area contributed by atoms with Gasteiger partial charge in [0.05, 0.1) is 13.7 Å². The van der Waals surface area contributed by atoms with E-state index in [-0.39, 0.29) is 12.3 Å². The summed E-state index contributed by atoms with van der Waals surface area (Å²) in [6.45, 7) is 2.59. The number of carbonyl (C=O) groups excluding carboxylic acids is 1. The molecule has 33 heavy (non-hydrogen) atoms. The first kappa shape index (κ1) is 24.5. The van der Waals surface area contributed by atoms with E-state index >= 15 is 0 Å². The number of amides is 1. The van der Waals surface area contributed by atoms with E-state index in [0.717, 1.165) is 21.2 Å². The molecule has 0 radical (unpaired) electrons. The van der Waals surface area contributed by atoms with E-state index in [4.69, 9.17) is 9.47 Å². The molecule has 10 heteroatoms. The second-order valence-corrected chi connectivity index (χ2v) is 8.45. The first-order chi connectivity index (χ1) is 15.8. The number of anilines is 1. The molecule has 1 aliphatic heterocycles. The highest BCUT2D eigenvalue weighted by molar-refractivity contribution is 7.80. The number of aliphatic carboxylic acids is 1. The van der Waals surface area contributed by atoms with Crippen molar-refractivity contribution in [1.82, 2.24) is 4.90 Å². The van der Waals surface area contributed by atoms with Gasteiger partial charge in [-0.3, -0.25) is 8.51 Å². The molecule has 1 saturated heterocycles. The minimum absolute atomic E-state index is 0.256. The van der Waals surface area contributed by atoms with Gasteiger partial charge in [-0.25, -0.2) is 9.59 Å². The van der Waals surface area contributed by atoms with E-state index in [1.807, 2.05) is 24.3 Å². The number of rotatable bonds is 8. The number of methoxy groups -OCH3 is 1. The van der Waals surface area contributed by atoms with Crippen LogP contribution >= 0.6 is 0 Å². The van der Waals surface area contributed by atoms with Crippen molar-refractivity contribution >= 4 is 29.0 Å². The van der Waals surface area contributed by atoms with Crippen LogP contribution in [0.15, 0.2) is 48.5 Å². The Bertz CT molecular complexity index is 973. The second kappa shape index (κ2) is 11.2. The van der Waals surface area contributed by atoms with E-state index in [2.05, 4.69) is 0 Å². The molecule has 0 aliphatic carbocycles. The molecule has 0 saturated carbocycles. The molecule has 1 N–H and O–H groups in total. The third kappa shape index (κ3) is 5.82. The van der Waals surface area contributed by atoms with Gasteiger partial charge < -0.3 is 24.0 Å². The summed E-state index contributed by atoms with van der Waals surface area (Å²) >= 11 is -2.80. The molecule has 2 aromatic carbocycles. The van der Waals surface area contributed by atoms with Crippen LogP contribution in [0.2, 0.25) is 0 Å². The minimum atomic E-state index is -2.80. The molecule has 2 unspecified atom stereocenters. The van der Waals surface area contributed by atoms with E-state index in [1.165, 1.54) is 4.90 Å². The van der Waals surface area contributed by atoms with Crippen LogP contribution in [0, 0.1) is 5.92 Å². The highest BCUT2D eigenvalue weighted by Crippen LogP contribution is 2.31. The maximum absolute atomic E-state index is 12.2. The number of carboxylic acids is 1. The first-order valence-corrected chi connectivity index (χ1v) is 11.7. The van der Waals surface area contributed by atoms with Crippen molar-refractivity contribution in [2.75, 3.05) is 31.1 Å². The Labute approximate surface area is 195 Å². The number of piperidine rings is 1. The quantitative estimate of drug-likeness (QED) is 0.582. The van der Waals surface area contributed by atoms with Gasteiger partial charge in [0.2, 0.25) is 0 Å². The van der Waals surface area contributed by atoms with Crippen LogP contribution < -0.4 is 9.04 Å². The average Bonchev–Trinajstić information content (AvgIpc) is 2.82. The average molecular weight is 476 g/mol. The van der Waals surface area contributed by atoms with Gasteiger partial charge in [-0.15, -0.1) is 0 Å². The van der Waals surface area contributed by atoms with Crippen LogP contribution in [-0.4, -0.2) is 63.7 Å². The number of ether oxygens (including phenoxy) is 2. The Hall–Kier alpha value is -3.11. The molecule has 1 heterocycles. The highest BCUT2D eigenvalue weighted by Gasteiger charge is 2.38. The fourth-order valence-corrected chi connectivity index (χ4v) is 4.77. The maximum Gasteiger partial charge on any atom is 0.409 e. The van der Waals surface area contributed by atoms with Gasteiger partial charge in [-0.2, -0.15) is 0 Å². The third-order valence-electron chi connectivity index (χ3n) is 5.72. The van der Waals surface area contributed by atoms with Crippen molar-refractivity contribution in [3.05, 3.63) is 48.5 Å². The largest absolute Gasteiger partial charge is 0.755 e. The standard InChI is InChI=1S/C23H28N2O7S/c1-3-32-23(28)24-14-12-18(13-15-24)21(22(26)27)25(33(29)30)19-8-4-16(5-9-19)17-6-10-20(31-2)11-7-17/h4-11,18,21H,3,12-15H2,1-2H3,(H,26,27)(H,29,30)/p-1. The molecule has 2 aromatic rings. The number of hydrogen-bond donors (Lipinski definition) is 1. The van der Waals surface area contributed by atoms with Crippen molar-refractivity contribution < 1.29 is 32.9 Å². The normalized spacial score (nSPS) is 16.0. The molecule has 2 atom stereocenters. The Kier molecular flexibility index (Phi) is 8.29. The van der Waals surface area contributed by atoms with Crippen molar-refractivity contribution in [3.8, 4) is 16.9 Å². The summed E-state index contributed by atoms with van der Waals surface area (Å²) in [4.78, 5) is 25.6. The zero-order valence-electron chi connectivity index (χ0n) is 18.5. The number of likely N-dealkylation sites (tertiary alicyclic amines) is 1. The lowest BCUT2D eigenvalue weighted by Gasteiger charge is -2.40. The van der Waals surface area contributed by atoms with Crippen LogP contribution in [0.5, 0.6) is 5.75 Å². The summed E-state index contributed by atoms with van der Waals surface area (Å²) in [5.74, 6) is -0.957. The number of nitrogens with zero attached hydrogens (tertiary/aromatic N) is 2. The predicted octanol–water partition coefficient (Wildman–Crippen LogP) is 3.28. The van der Waals surface area contributed by atoms with Gasteiger partial charge in [0.25, 0.3) is 0 Å². The van der Waals surface area contributed by atoms with E-state index in [0.29, 0.717) is 25.9 Å². The molecule has 1 aliphatic rings.